The van der Waals surface area contributed by atoms with Crippen LogP contribution in [0.25, 0.3) is 5.65 Å². The number of amides is 1. The Kier molecular flexibility index (Phi) is 7.64. The number of pyridine rings is 1. The molecule has 0 spiro atoms. The second-order valence-electron chi connectivity index (χ2n) is 9.34. The number of hydrogen-bond acceptors (Lipinski definition) is 5. The molecule has 0 radical (unpaired) electrons. The van der Waals surface area contributed by atoms with Gasteiger partial charge in [0.2, 0.25) is 0 Å². The summed E-state index contributed by atoms with van der Waals surface area (Å²) < 4.78 is 97.8. The first-order chi connectivity index (χ1) is 19.8. The topological polar surface area (TPSA) is 65.3 Å². The van der Waals surface area contributed by atoms with Crippen molar-refractivity contribution in [3.05, 3.63) is 87.8 Å². The van der Waals surface area contributed by atoms with E-state index in [4.69, 9.17) is 25.8 Å². The molecular weight excluding hydrogens is 592 g/mol. The predicted molar refractivity (Wildman–Crippen MR) is 139 cm³/mol. The molecule has 2 aromatic carbocycles. The fraction of sp³-hybridized carbons (Fsp3) is 0.286. The summed E-state index contributed by atoms with van der Waals surface area (Å²) in [5.41, 5.74) is -0.479. The Labute approximate surface area is 240 Å². The summed E-state index contributed by atoms with van der Waals surface area (Å²) in [6.07, 6.45) is -7.86. The Morgan fingerprint density at radius 2 is 1.71 bits per heavy atom. The maximum atomic E-state index is 13.6. The van der Waals surface area contributed by atoms with Gasteiger partial charge in [0.05, 0.1) is 47.8 Å². The van der Waals surface area contributed by atoms with Gasteiger partial charge in [0.1, 0.15) is 11.4 Å². The number of imidazole rings is 1. The Morgan fingerprint density at radius 1 is 0.976 bits per heavy atom. The first kappa shape index (κ1) is 29.4. The first-order valence-corrected chi connectivity index (χ1v) is 12.8. The van der Waals surface area contributed by atoms with E-state index in [-0.39, 0.29) is 24.4 Å². The smallest absolute Gasteiger partial charge is 0.417 e. The number of carbonyl (C=O) groups is 1. The molecule has 4 aromatic rings. The van der Waals surface area contributed by atoms with E-state index < -0.39 is 47.1 Å². The molecule has 14 heteroatoms. The lowest BCUT2D eigenvalue weighted by atomic mass is 9.95. The Hall–Kier alpha value is -4.13. The molecule has 222 valence electrons. The van der Waals surface area contributed by atoms with Crippen molar-refractivity contribution in [2.45, 2.75) is 24.8 Å². The molecule has 7 nitrogen and oxygen atoms in total. The largest absolute Gasteiger partial charge is 0.493 e. The van der Waals surface area contributed by atoms with Gasteiger partial charge in [-0.05, 0) is 42.0 Å². The summed E-state index contributed by atoms with van der Waals surface area (Å²) >= 11 is 5.92. The molecule has 42 heavy (non-hydrogen) atoms. The number of rotatable bonds is 6. The highest BCUT2D eigenvalue weighted by Crippen LogP contribution is 2.41. The lowest BCUT2D eigenvalue weighted by molar-refractivity contribution is -0.138. The third-order valence-corrected chi connectivity index (χ3v) is 7.28. The van der Waals surface area contributed by atoms with Crippen LogP contribution < -0.4 is 14.2 Å². The van der Waals surface area contributed by atoms with Crippen molar-refractivity contribution < 1.29 is 45.3 Å². The standard InChI is InChI=1S/C28H22ClF6N3O4/c1-40-19-7-6-15(12-21(19)41-2)25-26-18(36-22-13-16(27(30,31)32)8-10-37(22)26)9-11-38(25)23(39)14-42-20-5-3-4-17(24(20)29)28(33,34)35/h3-8,10,12-13,25H,9,11,14H2,1-2H3. The Morgan fingerprint density at radius 3 is 2.38 bits per heavy atom. The van der Waals surface area contributed by atoms with Crippen LogP contribution in [0.15, 0.2) is 54.7 Å². The van der Waals surface area contributed by atoms with Gasteiger partial charge in [-0.25, -0.2) is 4.98 Å². The molecule has 2 aromatic heterocycles. The minimum absolute atomic E-state index is 0.0431. The zero-order valence-corrected chi connectivity index (χ0v) is 22.8. The Balaban J connectivity index is 1.55. The maximum absolute atomic E-state index is 13.6. The molecule has 5 rings (SSSR count). The van der Waals surface area contributed by atoms with Crippen LogP contribution in [-0.2, 0) is 23.6 Å². The SMILES string of the molecule is COc1ccc(C2c3c(nc4cc(C(F)(F)F)ccn34)CCN2C(=O)COc2cccc(C(F)(F)F)c2Cl)cc1OC. The van der Waals surface area contributed by atoms with Gasteiger partial charge >= 0.3 is 12.4 Å². The number of aromatic nitrogens is 2. The minimum Gasteiger partial charge on any atom is -0.493 e. The number of carbonyl (C=O) groups excluding carboxylic acids is 1. The summed E-state index contributed by atoms with van der Waals surface area (Å²) in [6, 6.07) is 9.03. The van der Waals surface area contributed by atoms with E-state index in [1.165, 1.54) is 35.8 Å². The lowest BCUT2D eigenvalue weighted by Crippen LogP contribution is -2.43. The van der Waals surface area contributed by atoms with Crippen LogP contribution in [0.4, 0.5) is 26.3 Å². The van der Waals surface area contributed by atoms with Crippen molar-refractivity contribution in [1.82, 2.24) is 14.3 Å². The highest BCUT2D eigenvalue weighted by atomic mass is 35.5. The maximum Gasteiger partial charge on any atom is 0.417 e. The van der Waals surface area contributed by atoms with E-state index in [2.05, 4.69) is 4.98 Å². The van der Waals surface area contributed by atoms with Gasteiger partial charge in [0.15, 0.2) is 18.1 Å². The summed E-state index contributed by atoms with van der Waals surface area (Å²) in [5, 5.41) is -0.683. The molecule has 0 aliphatic carbocycles. The van der Waals surface area contributed by atoms with E-state index >= 15 is 0 Å². The zero-order valence-electron chi connectivity index (χ0n) is 22.0. The van der Waals surface area contributed by atoms with Crippen molar-refractivity contribution in [1.29, 1.82) is 0 Å². The fourth-order valence-corrected chi connectivity index (χ4v) is 5.25. The summed E-state index contributed by atoms with van der Waals surface area (Å²) in [7, 11) is 2.88. The fourth-order valence-electron chi connectivity index (χ4n) is 4.96. The monoisotopic (exact) mass is 613 g/mol. The molecule has 1 aliphatic heterocycles. The summed E-state index contributed by atoms with van der Waals surface area (Å²) in [6.45, 7) is -0.560. The molecular formula is C28H22ClF6N3O4. The highest BCUT2D eigenvalue weighted by Gasteiger charge is 2.38. The molecule has 3 heterocycles. The quantitative estimate of drug-likeness (QED) is 0.230. The number of hydrogen-bond donors (Lipinski definition) is 0. The van der Waals surface area contributed by atoms with E-state index in [1.807, 2.05) is 0 Å². The van der Waals surface area contributed by atoms with Crippen LogP contribution in [0.2, 0.25) is 5.02 Å². The summed E-state index contributed by atoms with van der Waals surface area (Å²) in [5.74, 6) is -0.175. The number of ether oxygens (including phenoxy) is 3. The average molecular weight is 614 g/mol. The predicted octanol–water partition coefficient (Wildman–Crippen LogP) is 6.60. The van der Waals surface area contributed by atoms with Gasteiger partial charge in [0.25, 0.3) is 5.91 Å². The van der Waals surface area contributed by atoms with E-state index in [9.17, 15) is 31.1 Å². The third-order valence-electron chi connectivity index (χ3n) is 6.89. The van der Waals surface area contributed by atoms with Gasteiger partial charge in [0, 0.05) is 19.2 Å². The second kappa shape index (κ2) is 10.9. The van der Waals surface area contributed by atoms with Crippen molar-refractivity contribution in [2.75, 3.05) is 27.4 Å². The van der Waals surface area contributed by atoms with Crippen molar-refractivity contribution >= 4 is 23.2 Å². The van der Waals surface area contributed by atoms with Gasteiger partial charge in [-0.15, -0.1) is 0 Å². The molecule has 1 amide bonds. The van der Waals surface area contributed by atoms with E-state index in [1.54, 1.807) is 18.2 Å². The number of benzene rings is 2. The van der Waals surface area contributed by atoms with Crippen LogP contribution in [0.5, 0.6) is 17.2 Å². The molecule has 0 saturated heterocycles. The van der Waals surface area contributed by atoms with Crippen molar-refractivity contribution in [3.63, 3.8) is 0 Å². The molecule has 0 bridgehead atoms. The lowest BCUT2D eigenvalue weighted by Gasteiger charge is -2.36. The number of alkyl halides is 6. The van der Waals surface area contributed by atoms with Crippen LogP contribution in [0.1, 0.15) is 34.1 Å². The van der Waals surface area contributed by atoms with Gasteiger partial charge < -0.3 is 23.5 Å². The van der Waals surface area contributed by atoms with Crippen molar-refractivity contribution in [2.24, 2.45) is 0 Å². The third kappa shape index (κ3) is 5.40. The van der Waals surface area contributed by atoms with Gasteiger partial charge in [-0.3, -0.25) is 4.79 Å². The van der Waals surface area contributed by atoms with Gasteiger partial charge in [-0.1, -0.05) is 23.7 Å². The van der Waals surface area contributed by atoms with Crippen molar-refractivity contribution in [3.8, 4) is 17.2 Å². The van der Waals surface area contributed by atoms with Crippen LogP contribution in [-0.4, -0.2) is 47.6 Å². The zero-order chi connectivity index (χ0) is 30.4. The molecule has 1 aliphatic rings. The van der Waals surface area contributed by atoms with Gasteiger partial charge in [-0.2, -0.15) is 26.3 Å². The normalized spacial score (nSPS) is 15.5. The summed E-state index contributed by atoms with van der Waals surface area (Å²) in [4.78, 5) is 19.4. The van der Waals surface area contributed by atoms with Crippen LogP contribution >= 0.6 is 11.6 Å². The van der Waals surface area contributed by atoms with Crippen LogP contribution in [0, 0.1) is 0 Å². The highest BCUT2D eigenvalue weighted by molar-refractivity contribution is 6.32. The molecule has 0 saturated carbocycles. The Bertz CT molecular complexity index is 1650. The first-order valence-electron chi connectivity index (χ1n) is 12.4. The molecule has 1 unspecified atom stereocenters. The minimum atomic E-state index is -4.72. The number of halogens is 7. The van der Waals surface area contributed by atoms with Crippen LogP contribution in [0.3, 0.4) is 0 Å². The average Bonchev–Trinajstić information content (AvgIpc) is 3.32. The van der Waals surface area contributed by atoms with E-state index in [0.29, 0.717) is 28.5 Å². The number of fused-ring (bicyclic) bond motifs is 3. The van der Waals surface area contributed by atoms with E-state index in [0.717, 1.165) is 24.3 Å². The number of methoxy groups -OCH3 is 2. The molecule has 0 N–H and O–H groups in total. The second-order valence-corrected chi connectivity index (χ2v) is 9.72. The number of nitrogens with zero attached hydrogens (tertiary/aromatic N) is 3. The molecule has 1 atom stereocenters. The molecule has 0 fully saturated rings.